The number of hydrogen-bond donors (Lipinski definition) is 0. The lowest BCUT2D eigenvalue weighted by Gasteiger charge is -2.24. The van der Waals surface area contributed by atoms with Crippen molar-refractivity contribution in [2.24, 2.45) is 0 Å². The van der Waals surface area contributed by atoms with Crippen LogP contribution < -0.4 is 5.76 Å². The Labute approximate surface area is 166 Å². The molecular formula is C20H21BrN4O2. The summed E-state index contributed by atoms with van der Waals surface area (Å²) in [6.45, 7) is 2.77. The number of oxazole rings is 1. The lowest BCUT2D eigenvalue weighted by atomic mass is 10.1. The summed E-state index contributed by atoms with van der Waals surface area (Å²) >= 11 is 3.40. The Morgan fingerprint density at radius 3 is 2.56 bits per heavy atom. The van der Waals surface area contributed by atoms with E-state index in [1.165, 1.54) is 0 Å². The van der Waals surface area contributed by atoms with E-state index in [0.717, 1.165) is 28.6 Å². The summed E-state index contributed by atoms with van der Waals surface area (Å²) in [5.74, 6) is -0.363. The Kier molecular flexibility index (Phi) is 6.11. The Morgan fingerprint density at radius 2 is 1.89 bits per heavy atom. The van der Waals surface area contributed by atoms with Crippen molar-refractivity contribution >= 4 is 27.0 Å². The molecule has 3 aromatic rings. The molecule has 0 saturated carbocycles. The maximum atomic E-state index is 12.4. The molecule has 27 heavy (non-hydrogen) atoms. The molecule has 6 nitrogen and oxygen atoms in total. The number of nitriles is 1. The van der Waals surface area contributed by atoms with Gasteiger partial charge in [-0.25, -0.2) is 4.79 Å². The zero-order chi connectivity index (χ0) is 19.4. The molecule has 0 aliphatic rings. The summed E-state index contributed by atoms with van der Waals surface area (Å²) < 4.78 is 7.92. The number of aromatic nitrogens is 1. The molecule has 0 amide bonds. The summed E-state index contributed by atoms with van der Waals surface area (Å²) in [5.41, 5.74) is 3.08. The van der Waals surface area contributed by atoms with E-state index in [9.17, 15) is 4.79 Å². The summed E-state index contributed by atoms with van der Waals surface area (Å²) in [6, 6.07) is 15.3. The molecule has 0 unspecified atom stereocenters. The summed E-state index contributed by atoms with van der Waals surface area (Å²) in [5, 5.41) is 8.96. The van der Waals surface area contributed by atoms with Gasteiger partial charge in [0.05, 0.1) is 23.8 Å². The first-order valence-electron chi connectivity index (χ1n) is 8.61. The van der Waals surface area contributed by atoms with E-state index in [4.69, 9.17) is 9.68 Å². The zero-order valence-electron chi connectivity index (χ0n) is 15.4. The molecule has 1 aromatic heterocycles. The fraction of sp³-hybridized carbons (Fsp3) is 0.300. The molecule has 0 spiro atoms. The van der Waals surface area contributed by atoms with Crippen molar-refractivity contribution in [3.8, 4) is 6.07 Å². The highest BCUT2D eigenvalue weighted by molar-refractivity contribution is 9.10. The van der Waals surface area contributed by atoms with Gasteiger partial charge in [-0.05, 0) is 50.0 Å². The lowest BCUT2D eigenvalue weighted by molar-refractivity contribution is 0.185. The summed E-state index contributed by atoms with van der Waals surface area (Å²) in [6.07, 6.45) is 0. The van der Waals surface area contributed by atoms with Gasteiger partial charge in [0.2, 0.25) is 0 Å². The minimum Gasteiger partial charge on any atom is -0.408 e. The highest BCUT2D eigenvalue weighted by atomic mass is 79.9. The third-order valence-electron chi connectivity index (χ3n) is 4.32. The second-order valence-corrected chi connectivity index (χ2v) is 7.63. The van der Waals surface area contributed by atoms with E-state index in [2.05, 4.69) is 31.8 Å². The number of rotatable bonds is 7. The first-order valence-corrected chi connectivity index (χ1v) is 9.40. The van der Waals surface area contributed by atoms with E-state index < -0.39 is 0 Å². The van der Waals surface area contributed by atoms with E-state index in [-0.39, 0.29) is 5.76 Å². The van der Waals surface area contributed by atoms with Crippen molar-refractivity contribution in [1.29, 1.82) is 5.26 Å². The van der Waals surface area contributed by atoms with Crippen molar-refractivity contribution in [1.82, 2.24) is 14.4 Å². The monoisotopic (exact) mass is 428 g/mol. The van der Waals surface area contributed by atoms with Crippen LogP contribution >= 0.6 is 15.9 Å². The predicted molar refractivity (Wildman–Crippen MR) is 108 cm³/mol. The van der Waals surface area contributed by atoms with Gasteiger partial charge in [0.25, 0.3) is 0 Å². The van der Waals surface area contributed by atoms with Gasteiger partial charge in [-0.1, -0.05) is 28.1 Å². The number of benzene rings is 2. The number of nitrogens with zero attached hydrogens (tertiary/aromatic N) is 4. The van der Waals surface area contributed by atoms with Crippen LogP contribution in [0, 0.1) is 11.3 Å². The van der Waals surface area contributed by atoms with Gasteiger partial charge in [0.1, 0.15) is 0 Å². The van der Waals surface area contributed by atoms with Crippen LogP contribution in [0.3, 0.4) is 0 Å². The molecule has 3 rings (SSSR count). The molecular weight excluding hydrogens is 408 g/mol. The molecule has 2 aromatic carbocycles. The molecule has 0 fully saturated rings. The number of fused-ring (bicyclic) bond motifs is 1. The topological polar surface area (TPSA) is 65.4 Å². The molecule has 0 saturated heterocycles. The van der Waals surface area contributed by atoms with Crippen LogP contribution in [0.1, 0.15) is 11.1 Å². The maximum absolute atomic E-state index is 12.4. The molecule has 1 heterocycles. The van der Waals surface area contributed by atoms with Crippen LogP contribution in [-0.2, 0) is 13.2 Å². The van der Waals surface area contributed by atoms with Gasteiger partial charge in [0.15, 0.2) is 5.58 Å². The van der Waals surface area contributed by atoms with Gasteiger partial charge < -0.3 is 9.32 Å². The molecule has 0 aliphatic carbocycles. The fourth-order valence-corrected chi connectivity index (χ4v) is 3.20. The van der Waals surface area contributed by atoms with Gasteiger partial charge in [-0.15, -0.1) is 0 Å². The van der Waals surface area contributed by atoms with Crippen LogP contribution in [0.4, 0.5) is 0 Å². The van der Waals surface area contributed by atoms with E-state index in [0.29, 0.717) is 24.4 Å². The number of halogens is 1. The van der Waals surface area contributed by atoms with Crippen LogP contribution in [-0.4, -0.2) is 41.6 Å². The van der Waals surface area contributed by atoms with E-state index >= 15 is 0 Å². The SMILES string of the molecule is CN(C)CCN(Cc1ccc(C#N)cc1)Cn1c(=O)oc2cc(Br)ccc21. The largest absolute Gasteiger partial charge is 0.421 e. The molecule has 0 radical (unpaired) electrons. The second-order valence-electron chi connectivity index (χ2n) is 6.71. The van der Waals surface area contributed by atoms with Gasteiger partial charge in [0, 0.05) is 24.1 Å². The van der Waals surface area contributed by atoms with Crippen molar-refractivity contribution in [3.05, 3.63) is 68.6 Å². The van der Waals surface area contributed by atoms with Crippen LogP contribution in [0.25, 0.3) is 11.1 Å². The highest BCUT2D eigenvalue weighted by Gasteiger charge is 2.14. The van der Waals surface area contributed by atoms with Crippen LogP contribution in [0.5, 0.6) is 0 Å². The Balaban J connectivity index is 1.86. The minimum atomic E-state index is -0.363. The Morgan fingerprint density at radius 1 is 1.15 bits per heavy atom. The van der Waals surface area contributed by atoms with E-state index in [1.807, 2.05) is 50.5 Å². The zero-order valence-corrected chi connectivity index (χ0v) is 16.9. The summed E-state index contributed by atoms with van der Waals surface area (Å²) in [7, 11) is 4.05. The third kappa shape index (κ3) is 4.86. The fourth-order valence-electron chi connectivity index (χ4n) is 2.86. The first kappa shape index (κ1) is 19.4. The molecule has 0 bridgehead atoms. The molecule has 7 heteroatoms. The second kappa shape index (κ2) is 8.53. The van der Waals surface area contributed by atoms with Gasteiger partial charge >= 0.3 is 5.76 Å². The van der Waals surface area contributed by atoms with Crippen molar-refractivity contribution in [3.63, 3.8) is 0 Å². The van der Waals surface area contributed by atoms with Crippen molar-refractivity contribution in [2.45, 2.75) is 13.2 Å². The van der Waals surface area contributed by atoms with Crippen LogP contribution in [0.2, 0.25) is 0 Å². The van der Waals surface area contributed by atoms with E-state index in [1.54, 1.807) is 10.6 Å². The first-order chi connectivity index (χ1) is 13.0. The van der Waals surface area contributed by atoms with Crippen LogP contribution in [0.15, 0.2) is 56.1 Å². The van der Waals surface area contributed by atoms with Gasteiger partial charge in [-0.2, -0.15) is 5.26 Å². The molecule has 0 N–H and O–H groups in total. The smallest absolute Gasteiger partial charge is 0.408 e. The third-order valence-corrected chi connectivity index (χ3v) is 4.82. The number of likely N-dealkylation sites (N-methyl/N-ethyl adjacent to an activating group) is 1. The average molecular weight is 429 g/mol. The maximum Gasteiger partial charge on any atom is 0.421 e. The average Bonchev–Trinajstić information content (AvgIpc) is 2.94. The predicted octanol–water partition coefficient (Wildman–Crippen LogP) is 3.25. The normalized spacial score (nSPS) is 11.4. The van der Waals surface area contributed by atoms with Crippen molar-refractivity contribution in [2.75, 3.05) is 27.2 Å². The Bertz CT molecular complexity index is 1020. The molecule has 0 aliphatic heterocycles. The quantitative estimate of drug-likeness (QED) is 0.577. The number of hydrogen-bond acceptors (Lipinski definition) is 5. The highest BCUT2D eigenvalue weighted by Crippen LogP contribution is 2.19. The Hall–Kier alpha value is -2.40. The standard InChI is InChI=1S/C20H21BrN4O2/c1-23(2)9-10-24(13-16-5-3-15(12-22)4-6-16)14-25-18-8-7-17(21)11-19(18)27-20(25)26/h3-8,11H,9-10,13-14H2,1-2H3. The lowest BCUT2D eigenvalue weighted by Crippen LogP contribution is -2.35. The molecule has 140 valence electrons. The molecule has 0 atom stereocenters. The summed E-state index contributed by atoms with van der Waals surface area (Å²) in [4.78, 5) is 16.7. The van der Waals surface area contributed by atoms with Gasteiger partial charge in [-0.3, -0.25) is 9.47 Å². The minimum absolute atomic E-state index is 0.363. The van der Waals surface area contributed by atoms with Crippen molar-refractivity contribution < 1.29 is 4.42 Å².